The number of nitrogens with one attached hydrogen (secondary N) is 1. The number of aromatic nitrogens is 1. The maximum atomic E-state index is 5.45. The van der Waals surface area contributed by atoms with Crippen LogP contribution < -0.4 is 10.2 Å². The van der Waals surface area contributed by atoms with Crippen LogP contribution in [-0.2, 0) is 17.7 Å². The minimum Gasteiger partial charge on any atom is -0.381 e. The number of ether oxygens (including phenoxy) is 1. The third kappa shape index (κ3) is 4.66. The maximum Gasteiger partial charge on any atom is 0.185 e. The number of rotatable bonds is 7. The van der Waals surface area contributed by atoms with Gasteiger partial charge in [0.25, 0.3) is 0 Å². The smallest absolute Gasteiger partial charge is 0.185 e. The van der Waals surface area contributed by atoms with Gasteiger partial charge in [-0.1, -0.05) is 27.2 Å². The summed E-state index contributed by atoms with van der Waals surface area (Å²) in [5.41, 5.74) is 1.29. The Hall–Kier alpha value is -0.650. The lowest BCUT2D eigenvalue weighted by Gasteiger charge is -2.30. The average molecular weight is 311 g/mol. The molecule has 1 aliphatic rings. The van der Waals surface area contributed by atoms with Crippen molar-refractivity contribution in [2.24, 2.45) is 0 Å². The van der Waals surface area contributed by atoms with Crippen molar-refractivity contribution < 1.29 is 4.74 Å². The molecule has 2 heterocycles. The molecule has 0 atom stereocenters. The quantitative estimate of drug-likeness (QED) is 0.839. The van der Waals surface area contributed by atoms with Crippen molar-refractivity contribution in [3.05, 3.63) is 10.6 Å². The first-order chi connectivity index (χ1) is 10.1. The number of hydrogen-bond acceptors (Lipinski definition) is 5. The number of thiazole rings is 1. The molecule has 2 rings (SSSR count). The fourth-order valence-electron chi connectivity index (χ4n) is 2.65. The normalized spacial score (nSPS) is 16.9. The largest absolute Gasteiger partial charge is 0.381 e. The van der Waals surface area contributed by atoms with Crippen LogP contribution in [0.25, 0.3) is 0 Å². The molecule has 1 saturated heterocycles. The van der Waals surface area contributed by atoms with Gasteiger partial charge < -0.3 is 15.0 Å². The first-order valence-electron chi connectivity index (χ1n) is 8.13. The van der Waals surface area contributed by atoms with Gasteiger partial charge in [-0.25, -0.2) is 4.98 Å². The van der Waals surface area contributed by atoms with Crippen LogP contribution in [0, 0.1) is 0 Å². The molecule has 120 valence electrons. The molecule has 1 aromatic rings. The van der Waals surface area contributed by atoms with Gasteiger partial charge in [0.15, 0.2) is 5.13 Å². The third-order valence-electron chi connectivity index (χ3n) is 3.97. The number of aryl methyl sites for hydroxylation is 1. The summed E-state index contributed by atoms with van der Waals surface area (Å²) >= 11 is 1.87. The van der Waals surface area contributed by atoms with Gasteiger partial charge in [-0.3, -0.25) is 0 Å². The average Bonchev–Trinajstić information content (AvgIpc) is 2.89. The Labute approximate surface area is 132 Å². The van der Waals surface area contributed by atoms with E-state index in [1.807, 2.05) is 18.4 Å². The van der Waals surface area contributed by atoms with Crippen molar-refractivity contribution in [2.45, 2.75) is 65.1 Å². The Morgan fingerprint density at radius 2 is 2.10 bits per heavy atom. The molecule has 1 N–H and O–H groups in total. The van der Waals surface area contributed by atoms with Gasteiger partial charge in [-0.2, -0.15) is 0 Å². The number of methoxy groups -OCH3 is 1. The van der Waals surface area contributed by atoms with Crippen molar-refractivity contribution in [1.82, 2.24) is 10.3 Å². The first kappa shape index (κ1) is 16.7. The Morgan fingerprint density at radius 1 is 1.38 bits per heavy atom. The van der Waals surface area contributed by atoms with E-state index in [4.69, 9.17) is 9.72 Å². The molecule has 0 amide bonds. The summed E-state index contributed by atoms with van der Waals surface area (Å²) in [6.45, 7) is 9.68. The van der Waals surface area contributed by atoms with E-state index in [2.05, 4.69) is 31.0 Å². The fourth-order valence-corrected chi connectivity index (χ4v) is 3.76. The molecule has 1 aliphatic heterocycles. The Kier molecular flexibility index (Phi) is 6.45. The molecule has 0 radical (unpaired) electrons. The summed E-state index contributed by atoms with van der Waals surface area (Å²) in [4.78, 5) is 8.76. The minimum atomic E-state index is 0.429. The van der Waals surface area contributed by atoms with E-state index in [-0.39, 0.29) is 0 Å². The molecule has 0 bridgehead atoms. The zero-order valence-corrected chi connectivity index (χ0v) is 14.6. The van der Waals surface area contributed by atoms with E-state index in [1.165, 1.54) is 15.7 Å². The highest BCUT2D eigenvalue weighted by atomic mass is 32.1. The molecule has 0 aliphatic carbocycles. The summed E-state index contributed by atoms with van der Waals surface area (Å²) in [5, 5.41) is 4.73. The maximum absolute atomic E-state index is 5.45. The van der Waals surface area contributed by atoms with Crippen LogP contribution in [0.15, 0.2) is 0 Å². The van der Waals surface area contributed by atoms with Crippen molar-refractivity contribution in [3.63, 3.8) is 0 Å². The highest BCUT2D eigenvalue weighted by Gasteiger charge is 2.22. The molecular weight excluding hydrogens is 282 g/mol. The summed E-state index contributed by atoms with van der Waals surface area (Å²) in [6.07, 6.45) is 4.89. The molecule has 1 fully saturated rings. The number of hydrogen-bond donors (Lipinski definition) is 1. The Morgan fingerprint density at radius 3 is 2.67 bits per heavy atom. The van der Waals surface area contributed by atoms with Gasteiger partial charge in [-0.15, -0.1) is 11.3 Å². The second-order valence-electron chi connectivity index (χ2n) is 6.07. The monoisotopic (exact) mass is 311 g/mol. The second kappa shape index (κ2) is 8.11. The molecule has 0 saturated carbocycles. The van der Waals surface area contributed by atoms with Crippen molar-refractivity contribution in [3.8, 4) is 0 Å². The van der Waals surface area contributed by atoms with Crippen LogP contribution in [-0.4, -0.2) is 37.3 Å². The lowest BCUT2D eigenvalue weighted by molar-refractivity contribution is 0.0819. The van der Waals surface area contributed by atoms with Gasteiger partial charge in [0.2, 0.25) is 0 Å². The van der Waals surface area contributed by atoms with Crippen LogP contribution in [0.3, 0.4) is 0 Å². The van der Waals surface area contributed by atoms with Crippen LogP contribution in [0.1, 0.15) is 50.6 Å². The first-order valence-corrected chi connectivity index (χ1v) is 8.95. The summed E-state index contributed by atoms with van der Waals surface area (Å²) in [6, 6.07) is 0.516. The Bertz CT molecular complexity index is 425. The van der Waals surface area contributed by atoms with Crippen LogP contribution in [0.2, 0.25) is 0 Å². The molecule has 5 heteroatoms. The van der Waals surface area contributed by atoms with Crippen molar-refractivity contribution >= 4 is 16.5 Å². The second-order valence-corrected chi connectivity index (χ2v) is 7.14. The van der Waals surface area contributed by atoms with E-state index in [9.17, 15) is 0 Å². The molecule has 0 unspecified atom stereocenters. The van der Waals surface area contributed by atoms with Gasteiger partial charge in [-0.05, 0) is 19.3 Å². The summed E-state index contributed by atoms with van der Waals surface area (Å²) in [5.74, 6) is 0. The predicted molar refractivity (Wildman–Crippen MR) is 90.3 cm³/mol. The summed E-state index contributed by atoms with van der Waals surface area (Å²) < 4.78 is 5.45. The Balaban J connectivity index is 2.04. The van der Waals surface area contributed by atoms with Crippen molar-refractivity contribution in [2.75, 3.05) is 25.1 Å². The molecule has 0 aromatic carbocycles. The molecule has 0 spiro atoms. The van der Waals surface area contributed by atoms with Crippen LogP contribution >= 0.6 is 11.3 Å². The molecule has 21 heavy (non-hydrogen) atoms. The number of anilines is 1. The van der Waals surface area contributed by atoms with E-state index in [0.717, 1.165) is 45.3 Å². The topological polar surface area (TPSA) is 37.4 Å². The SMILES string of the molecule is CCCc1nc(N2CCC(OC)CC2)sc1CNC(C)C. The molecule has 1 aromatic heterocycles. The van der Waals surface area contributed by atoms with Crippen molar-refractivity contribution in [1.29, 1.82) is 0 Å². The third-order valence-corrected chi connectivity index (χ3v) is 5.13. The highest BCUT2D eigenvalue weighted by Crippen LogP contribution is 2.29. The van der Waals surface area contributed by atoms with Crippen LogP contribution in [0.5, 0.6) is 0 Å². The number of nitrogens with zero attached hydrogens (tertiary/aromatic N) is 2. The zero-order valence-electron chi connectivity index (χ0n) is 13.8. The fraction of sp³-hybridized carbons (Fsp3) is 0.812. The standard InChI is InChI=1S/C16H29N3OS/c1-5-6-14-15(11-17-12(2)3)21-16(18-14)19-9-7-13(20-4)8-10-19/h12-13,17H,5-11H2,1-4H3. The minimum absolute atomic E-state index is 0.429. The lowest BCUT2D eigenvalue weighted by Crippen LogP contribution is -2.36. The lowest BCUT2D eigenvalue weighted by atomic mass is 10.1. The van der Waals surface area contributed by atoms with Gasteiger partial charge in [0.1, 0.15) is 0 Å². The summed E-state index contributed by atoms with van der Waals surface area (Å²) in [7, 11) is 1.82. The van der Waals surface area contributed by atoms with Crippen LogP contribution in [0.4, 0.5) is 5.13 Å². The zero-order chi connectivity index (χ0) is 15.2. The van der Waals surface area contributed by atoms with Gasteiger partial charge in [0.05, 0.1) is 11.8 Å². The van der Waals surface area contributed by atoms with Gasteiger partial charge in [0, 0.05) is 37.7 Å². The van der Waals surface area contributed by atoms with E-state index >= 15 is 0 Å². The number of piperidine rings is 1. The van der Waals surface area contributed by atoms with E-state index < -0.39 is 0 Å². The van der Waals surface area contributed by atoms with E-state index in [0.29, 0.717) is 12.1 Å². The van der Waals surface area contributed by atoms with Gasteiger partial charge >= 0.3 is 0 Å². The molecule has 4 nitrogen and oxygen atoms in total. The molecular formula is C16H29N3OS. The highest BCUT2D eigenvalue weighted by molar-refractivity contribution is 7.15. The van der Waals surface area contributed by atoms with E-state index in [1.54, 1.807) is 0 Å². The predicted octanol–water partition coefficient (Wildman–Crippen LogP) is 3.21.